The van der Waals surface area contributed by atoms with E-state index in [-0.39, 0.29) is 17.8 Å². The lowest BCUT2D eigenvalue weighted by atomic mass is 10.0. The number of hydrogen-bond acceptors (Lipinski definition) is 9. The molecule has 1 aromatic heterocycles. The highest BCUT2D eigenvalue weighted by molar-refractivity contribution is 6.19. The van der Waals surface area contributed by atoms with Crippen LogP contribution in [0.2, 0.25) is 0 Å². The van der Waals surface area contributed by atoms with Gasteiger partial charge < -0.3 is 30.5 Å². The lowest BCUT2D eigenvalue weighted by Crippen LogP contribution is -2.32. The van der Waals surface area contributed by atoms with Gasteiger partial charge in [0.1, 0.15) is 0 Å². The van der Waals surface area contributed by atoms with Gasteiger partial charge in [0.05, 0.1) is 29.3 Å². The van der Waals surface area contributed by atoms with Gasteiger partial charge in [-0.05, 0) is 24.1 Å². The Balaban J connectivity index is 1.46. The van der Waals surface area contributed by atoms with Gasteiger partial charge in [-0.2, -0.15) is 0 Å². The van der Waals surface area contributed by atoms with Crippen molar-refractivity contribution in [3.8, 4) is 0 Å². The van der Waals surface area contributed by atoms with Gasteiger partial charge in [-0.3, -0.25) is 4.79 Å². The van der Waals surface area contributed by atoms with Crippen LogP contribution in [-0.2, 0) is 9.53 Å². The third-order valence-corrected chi connectivity index (χ3v) is 5.84. The minimum Gasteiger partial charge on any atom is -0.403 e. The van der Waals surface area contributed by atoms with Crippen LogP contribution in [0.5, 0.6) is 0 Å². The fraction of sp³-hybridized carbons (Fsp3) is 0.148. The second-order valence-electron chi connectivity index (χ2n) is 8.21. The van der Waals surface area contributed by atoms with Crippen molar-refractivity contribution >= 4 is 35.1 Å². The molecule has 0 unspecified atom stereocenters. The smallest absolute Gasteiger partial charge is 0.317 e. The number of dihydropyridines is 1. The van der Waals surface area contributed by atoms with Gasteiger partial charge >= 0.3 is 6.01 Å². The molecule has 0 aliphatic carbocycles. The van der Waals surface area contributed by atoms with Crippen LogP contribution in [0.15, 0.2) is 93.6 Å². The average Bonchev–Trinajstić information content (AvgIpc) is 3.34. The van der Waals surface area contributed by atoms with Crippen molar-refractivity contribution in [1.82, 2.24) is 15.5 Å². The quantitative estimate of drug-likeness (QED) is 0.349. The maximum Gasteiger partial charge on any atom is 0.317 e. The SMILES string of the molecule is COCCC1=CC=CN/C1=C(\C=N)c1nnc(N[C@H]2N=C(c3ccccc3)c3ccccc3NC2=O)o1. The van der Waals surface area contributed by atoms with Gasteiger partial charge in [-0.1, -0.05) is 59.7 Å². The topological polar surface area (TPSA) is 138 Å². The Morgan fingerprint density at radius 3 is 2.78 bits per heavy atom. The molecule has 0 saturated heterocycles. The van der Waals surface area contributed by atoms with E-state index < -0.39 is 6.17 Å². The highest BCUT2D eigenvalue weighted by atomic mass is 16.5. The second-order valence-corrected chi connectivity index (χ2v) is 8.21. The van der Waals surface area contributed by atoms with E-state index in [2.05, 4.69) is 26.1 Å². The maximum atomic E-state index is 13.1. The Morgan fingerprint density at radius 1 is 1.16 bits per heavy atom. The van der Waals surface area contributed by atoms with E-state index in [1.807, 2.05) is 66.7 Å². The van der Waals surface area contributed by atoms with E-state index in [9.17, 15) is 4.79 Å². The number of allylic oxidation sites excluding steroid dienone is 4. The van der Waals surface area contributed by atoms with Crippen molar-refractivity contribution in [2.24, 2.45) is 4.99 Å². The summed E-state index contributed by atoms with van der Waals surface area (Å²) in [5, 5.41) is 25.2. The zero-order chi connectivity index (χ0) is 25.6. The number of carbonyl (C=O) groups is 1. The Bertz CT molecular complexity index is 1440. The molecule has 2 aromatic carbocycles. The minimum atomic E-state index is -1.03. The van der Waals surface area contributed by atoms with Crippen LogP contribution < -0.4 is 16.0 Å². The predicted molar refractivity (Wildman–Crippen MR) is 141 cm³/mol. The number of amides is 1. The number of aliphatic imine (C=N–C) groups is 1. The highest BCUT2D eigenvalue weighted by Gasteiger charge is 2.27. The monoisotopic (exact) mass is 495 g/mol. The molecule has 1 atom stereocenters. The number of aromatic nitrogens is 2. The van der Waals surface area contributed by atoms with Crippen molar-refractivity contribution in [2.75, 3.05) is 24.4 Å². The number of ether oxygens (including phenoxy) is 1. The summed E-state index contributed by atoms with van der Waals surface area (Å²) in [5.74, 6) is -0.240. The first-order chi connectivity index (χ1) is 18.2. The van der Waals surface area contributed by atoms with Crippen LogP contribution in [0.3, 0.4) is 0 Å². The van der Waals surface area contributed by atoms with Gasteiger partial charge in [-0.15, -0.1) is 5.10 Å². The largest absolute Gasteiger partial charge is 0.403 e. The van der Waals surface area contributed by atoms with Crippen molar-refractivity contribution in [1.29, 1.82) is 5.41 Å². The summed E-state index contributed by atoms with van der Waals surface area (Å²) in [6.07, 6.45) is 6.34. The number of nitrogens with zero attached hydrogens (tertiary/aromatic N) is 3. The molecular weight excluding hydrogens is 470 g/mol. The van der Waals surface area contributed by atoms with Crippen LogP contribution in [0.4, 0.5) is 11.7 Å². The van der Waals surface area contributed by atoms with Gasteiger partial charge in [0.25, 0.3) is 11.8 Å². The lowest BCUT2D eigenvalue weighted by molar-refractivity contribution is -0.116. The highest BCUT2D eigenvalue weighted by Crippen LogP contribution is 2.27. The molecule has 0 saturated carbocycles. The molecule has 37 heavy (non-hydrogen) atoms. The minimum absolute atomic E-state index is 0.00555. The van der Waals surface area contributed by atoms with Gasteiger partial charge in [0.2, 0.25) is 6.17 Å². The van der Waals surface area contributed by atoms with E-state index in [4.69, 9.17) is 19.6 Å². The van der Waals surface area contributed by atoms with E-state index in [0.717, 1.165) is 22.9 Å². The molecule has 0 fully saturated rings. The molecule has 0 spiro atoms. The predicted octanol–water partition coefficient (Wildman–Crippen LogP) is 3.74. The molecule has 10 nitrogen and oxygen atoms in total. The van der Waals surface area contributed by atoms with Gasteiger partial charge in [-0.25, -0.2) is 4.99 Å². The standard InChI is InChI=1S/C27H25N7O3/c1-36-15-13-18-10-7-14-29-22(18)20(16-28)26-33-34-27(37-26)32-24-25(35)30-21-12-6-5-11-19(21)23(31-24)17-8-3-2-4-9-17/h2-12,14,16,24,28-29H,13,15H2,1H3,(H,30,35)(H,32,34)/b22-20+,28-16?/t24-/m1/s1. The molecule has 4 N–H and O–H groups in total. The summed E-state index contributed by atoms with van der Waals surface area (Å²) in [7, 11) is 1.64. The number of anilines is 2. The Morgan fingerprint density at radius 2 is 1.97 bits per heavy atom. The molecular formula is C27H25N7O3. The third kappa shape index (κ3) is 5.09. The molecule has 186 valence electrons. The molecule has 3 heterocycles. The Labute approximate surface area is 213 Å². The third-order valence-electron chi connectivity index (χ3n) is 5.84. The maximum absolute atomic E-state index is 13.1. The molecule has 3 aromatic rings. The lowest BCUT2D eigenvalue weighted by Gasteiger charge is -2.17. The zero-order valence-electron chi connectivity index (χ0n) is 20.1. The summed E-state index contributed by atoms with van der Waals surface area (Å²) in [4.78, 5) is 17.8. The fourth-order valence-electron chi connectivity index (χ4n) is 4.07. The molecule has 10 heteroatoms. The summed E-state index contributed by atoms with van der Waals surface area (Å²) in [5.41, 5.74) is 5.02. The number of rotatable bonds is 8. The van der Waals surface area contributed by atoms with Gasteiger partial charge in [0.15, 0.2) is 0 Å². The van der Waals surface area contributed by atoms with E-state index in [1.165, 1.54) is 0 Å². The Kier molecular flexibility index (Phi) is 7.00. The molecule has 1 amide bonds. The number of methoxy groups -OCH3 is 1. The fourth-order valence-corrected chi connectivity index (χ4v) is 4.07. The molecule has 0 bridgehead atoms. The second kappa shape index (κ2) is 10.8. The van der Waals surface area contributed by atoms with Crippen molar-refractivity contribution in [2.45, 2.75) is 12.6 Å². The van der Waals surface area contributed by atoms with Crippen molar-refractivity contribution < 1.29 is 13.9 Å². The molecule has 0 radical (unpaired) electrons. The number of benzodiazepines with no additional fused rings is 1. The first-order valence-electron chi connectivity index (χ1n) is 11.7. The number of nitrogens with one attached hydrogen (secondary N) is 4. The van der Waals surface area contributed by atoms with E-state index in [1.54, 1.807) is 13.3 Å². The van der Waals surface area contributed by atoms with E-state index >= 15 is 0 Å². The summed E-state index contributed by atoms with van der Waals surface area (Å²) < 4.78 is 11.0. The number of hydrogen-bond donors (Lipinski definition) is 4. The summed E-state index contributed by atoms with van der Waals surface area (Å²) >= 11 is 0. The first-order valence-corrected chi connectivity index (χ1v) is 11.7. The number of benzene rings is 2. The number of fused-ring (bicyclic) bond motifs is 1. The van der Waals surface area contributed by atoms with Crippen LogP contribution in [0, 0.1) is 5.41 Å². The number of para-hydroxylation sites is 1. The molecule has 2 aliphatic rings. The normalized spacial score (nSPS) is 18.0. The van der Waals surface area contributed by atoms with Crippen LogP contribution in [0.25, 0.3) is 5.57 Å². The molecule has 2 aliphatic heterocycles. The molecule has 5 rings (SSSR count). The van der Waals surface area contributed by atoms with E-state index in [0.29, 0.717) is 35.7 Å². The van der Waals surface area contributed by atoms with Crippen LogP contribution in [-0.4, -0.2) is 47.9 Å². The Hall–Kier alpha value is -4.83. The summed E-state index contributed by atoms with van der Waals surface area (Å²) in [6.45, 7) is 0.522. The summed E-state index contributed by atoms with van der Waals surface area (Å²) in [6, 6.07) is 17.2. The zero-order valence-corrected chi connectivity index (χ0v) is 20.1. The average molecular weight is 496 g/mol. The van der Waals surface area contributed by atoms with Crippen LogP contribution >= 0.6 is 0 Å². The van der Waals surface area contributed by atoms with Crippen molar-refractivity contribution in [3.05, 3.63) is 101 Å². The van der Waals surface area contributed by atoms with Crippen LogP contribution in [0.1, 0.15) is 23.4 Å². The number of carbonyl (C=O) groups excluding carboxylic acids is 1. The van der Waals surface area contributed by atoms with Gasteiger partial charge in [0, 0.05) is 30.7 Å². The first kappa shape index (κ1) is 23.9. The van der Waals surface area contributed by atoms with Crippen molar-refractivity contribution in [3.63, 3.8) is 0 Å².